The number of quaternary nitrogens is 2. The van der Waals surface area contributed by atoms with Crippen molar-refractivity contribution < 1.29 is 18.4 Å². The standard InChI is InChI=1S/C38H58N2O2/c1-23-25(3)29(7)37(30(8)26(23)4)33-21-34(38-31(9)27(5)24(2)28(6)32(38)10)36(42-20-18-40(14,15)16)22-35(33)41-19-17-39(11,12)13/h21-22H,17-20H2,1-16H3/q+2. The topological polar surface area (TPSA) is 18.5 Å². The monoisotopic (exact) mass is 574 g/mol. The van der Waals surface area contributed by atoms with E-state index in [2.05, 4.69) is 124 Å². The third-order valence-electron chi connectivity index (χ3n) is 9.66. The Bertz CT molecular complexity index is 1320. The molecule has 0 radical (unpaired) electrons. The maximum atomic E-state index is 6.69. The summed E-state index contributed by atoms with van der Waals surface area (Å²) in [6.07, 6.45) is 0. The van der Waals surface area contributed by atoms with Gasteiger partial charge in [-0.3, -0.25) is 0 Å². The minimum atomic E-state index is 0.636. The Morgan fingerprint density at radius 1 is 0.405 bits per heavy atom. The summed E-state index contributed by atoms with van der Waals surface area (Å²) in [7, 11) is 13.3. The van der Waals surface area contributed by atoms with Crippen LogP contribution in [0.1, 0.15) is 55.6 Å². The van der Waals surface area contributed by atoms with E-state index in [1.54, 1.807) is 0 Å². The Morgan fingerprint density at radius 2 is 0.667 bits per heavy atom. The molecule has 0 aliphatic rings. The SMILES string of the molecule is Cc1c(C)c(C)c(-c2cc(-c3c(C)c(C)c(C)c(C)c3C)c(OCC[N+](C)(C)C)cc2OCC[N+](C)(C)C)c(C)c1C. The number of hydrogen-bond donors (Lipinski definition) is 0. The van der Waals surface area contributed by atoms with Gasteiger partial charge in [-0.2, -0.15) is 0 Å². The molecule has 42 heavy (non-hydrogen) atoms. The van der Waals surface area contributed by atoms with E-state index in [9.17, 15) is 0 Å². The first kappa shape index (κ1) is 33.7. The highest BCUT2D eigenvalue weighted by atomic mass is 16.5. The summed E-state index contributed by atoms with van der Waals surface area (Å²) < 4.78 is 15.1. The van der Waals surface area contributed by atoms with E-state index in [0.717, 1.165) is 44.7 Å². The van der Waals surface area contributed by atoms with Crippen LogP contribution in [-0.4, -0.2) is 77.6 Å². The van der Waals surface area contributed by atoms with Gasteiger partial charge in [-0.05, 0) is 142 Å². The predicted molar refractivity (Wildman–Crippen MR) is 181 cm³/mol. The van der Waals surface area contributed by atoms with Crippen LogP contribution in [0.25, 0.3) is 22.3 Å². The van der Waals surface area contributed by atoms with Crippen molar-refractivity contribution in [3.63, 3.8) is 0 Å². The average molecular weight is 575 g/mol. The second-order valence-electron chi connectivity index (χ2n) is 14.6. The molecule has 3 rings (SSSR count). The number of ether oxygens (including phenoxy) is 2. The maximum Gasteiger partial charge on any atom is 0.137 e. The van der Waals surface area contributed by atoms with Crippen LogP contribution in [0.4, 0.5) is 0 Å². The molecule has 3 aromatic rings. The molecule has 0 spiro atoms. The van der Waals surface area contributed by atoms with Crippen molar-refractivity contribution in [2.75, 3.05) is 68.6 Å². The summed E-state index contributed by atoms with van der Waals surface area (Å²) >= 11 is 0. The zero-order chi connectivity index (χ0) is 31.9. The molecular weight excluding hydrogens is 516 g/mol. The van der Waals surface area contributed by atoms with Crippen LogP contribution in [0.5, 0.6) is 11.5 Å². The van der Waals surface area contributed by atoms with Gasteiger partial charge in [0, 0.05) is 17.2 Å². The molecule has 4 heteroatoms. The molecule has 4 nitrogen and oxygen atoms in total. The Hall–Kier alpha value is -2.82. The number of likely N-dealkylation sites (N-methyl/N-ethyl adjacent to an activating group) is 2. The van der Waals surface area contributed by atoms with Crippen molar-refractivity contribution in [2.45, 2.75) is 69.2 Å². The zero-order valence-electron chi connectivity index (χ0n) is 29.7. The Labute approximate surface area is 257 Å². The molecule has 0 fully saturated rings. The second kappa shape index (κ2) is 12.4. The van der Waals surface area contributed by atoms with Crippen molar-refractivity contribution in [1.29, 1.82) is 0 Å². The highest BCUT2D eigenvalue weighted by molar-refractivity contribution is 5.88. The van der Waals surface area contributed by atoms with Gasteiger partial charge in [-0.1, -0.05) is 0 Å². The van der Waals surface area contributed by atoms with Crippen molar-refractivity contribution in [3.05, 3.63) is 67.8 Å². The van der Waals surface area contributed by atoms with Gasteiger partial charge in [0.1, 0.15) is 37.8 Å². The van der Waals surface area contributed by atoms with E-state index >= 15 is 0 Å². The summed E-state index contributed by atoms with van der Waals surface area (Å²) in [5.74, 6) is 1.80. The van der Waals surface area contributed by atoms with Gasteiger partial charge >= 0.3 is 0 Å². The van der Waals surface area contributed by atoms with E-state index in [1.807, 2.05) is 0 Å². The minimum absolute atomic E-state index is 0.636. The van der Waals surface area contributed by atoms with Gasteiger partial charge < -0.3 is 18.4 Å². The van der Waals surface area contributed by atoms with Crippen LogP contribution in [0.15, 0.2) is 12.1 Å². The normalized spacial score (nSPS) is 12.2. The molecular formula is C38H58N2O2+2. The molecule has 0 amide bonds. The van der Waals surface area contributed by atoms with Crippen LogP contribution in [0, 0.1) is 69.2 Å². The van der Waals surface area contributed by atoms with Gasteiger partial charge in [0.2, 0.25) is 0 Å². The highest BCUT2D eigenvalue weighted by Gasteiger charge is 2.24. The lowest BCUT2D eigenvalue weighted by atomic mass is 9.82. The van der Waals surface area contributed by atoms with Gasteiger partial charge in [-0.25, -0.2) is 0 Å². The first-order chi connectivity index (χ1) is 19.3. The summed E-state index contributed by atoms with van der Waals surface area (Å²) in [6.45, 7) is 25.7. The number of rotatable bonds is 10. The van der Waals surface area contributed by atoms with Crippen LogP contribution >= 0.6 is 0 Å². The molecule has 0 saturated carbocycles. The largest absolute Gasteiger partial charge is 0.487 e. The number of hydrogen-bond acceptors (Lipinski definition) is 2. The van der Waals surface area contributed by atoms with Crippen molar-refractivity contribution in [1.82, 2.24) is 0 Å². The molecule has 0 unspecified atom stereocenters. The molecule has 0 aliphatic heterocycles. The first-order valence-corrected chi connectivity index (χ1v) is 15.5. The van der Waals surface area contributed by atoms with E-state index in [1.165, 1.54) is 66.8 Å². The summed E-state index contributed by atoms with van der Waals surface area (Å²) in [4.78, 5) is 0. The van der Waals surface area contributed by atoms with Gasteiger partial charge in [0.15, 0.2) is 0 Å². The quantitative estimate of drug-likeness (QED) is 0.227. The van der Waals surface area contributed by atoms with Crippen LogP contribution in [0.2, 0.25) is 0 Å². The lowest BCUT2D eigenvalue weighted by Crippen LogP contribution is -2.38. The molecule has 0 aliphatic carbocycles. The van der Waals surface area contributed by atoms with Gasteiger partial charge in [0.05, 0.1) is 42.3 Å². The lowest BCUT2D eigenvalue weighted by Gasteiger charge is -2.27. The smallest absolute Gasteiger partial charge is 0.137 e. The Balaban J connectivity index is 2.43. The van der Waals surface area contributed by atoms with E-state index in [-0.39, 0.29) is 0 Å². The van der Waals surface area contributed by atoms with Crippen molar-refractivity contribution >= 4 is 0 Å². The lowest BCUT2D eigenvalue weighted by molar-refractivity contribution is -0.870. The van der Waals surface area contributed by atoms with Gasteiger partial charge in [-0.15, -0.1) is 0 Å². The zero-order valence-corrected chi connectivity index (χ0v) is 29.7. The number of nitrogens with zero attached hydrogens (tertiary/aromatic N) is 2. The predicted octanol–water partition coefficient (Wildman–Crippen LogP) is 8.27. The van der Waals surface area contributed by atoms with Crippen molar-refractivity contribution in [2.24, 2.45) is 0 Å². The Morgan fingerprint density at radius 3 is 0.929 bits per heavy atom. The fourth-order valence-electron chi connectivity index (χ4n) is 5.86. The third-order valence-corrected chi connectivity index (χ3v) is 9.66. The molecule has 0 heterocycles. The van der Waals surface area contributed by atoms with Gasteiger partial charge in [0.25, 0.3) is 0 Å². The summed E-state index contributed by atoms with van der Waals surface area (Å²) in [6, 6.07) is 4.55. The molecule has 0 saturated heterocycles. The highest BCUT2D eigenvalue weighted by Crippen LogP contribution is 2.47. The molecule has 0 atom stereocenters. The molecule has 0 N–H and O–H groups in total. The van der Waals surface area contributed by atoms with E-state index < -0.39 is 0 Å². The summed E-state index contributed by atoms with van der Waals surface area (Å²) in [5.41, 5.74) is 18.3. The van der Waals surface area contributed by atoms with E-state index in [4.69, 9.17) is 9.47 Å². The van der Waals surface area contributed by atoms with Crippen LogP contribution in [-0.2, 0) is 0 Å². The molecule has 3 aromatic carbocycles. The summed E-state index contributed by atoms with van der Waals surface area (Å²) in [5, 5.41) is 0. The molecule has 230 valence electrons. The Kier molecular flexibility index (Phi) is 9.96. The second-order valence-corrected chi connectivity index (χ2v) is 14.6. The molecule has 0 aromatic heterocycles. The maximum absolute atomic E-state index is 6.69. The van der Waals surface area contributed by atoms with E-state index in [0.29, 0.717) is 13.2 Å². The fraction of sp³-hybridized carbons (Fsp3) is 0.526. The number of benzene rings is 3. The van der Waals surface area contributed by atoms with Crippen LogP contribution < -0.4 is 9.47 Å². The first-order valence-electron chi connectivity index (χ1n) is 15.5. The minimum Gasteiger partial charge on any atom is -0.487 e. The fourth-order valence-corrected chi connectivity index (χ4v) is 5.86. The third kappa shape index (κ3) is 7.03. The molecule has 0 bridgehead atoms. The van der Waals surface area contributed by atoms with Crippen molar-refractivity contribution in [3.8, 4) is 33.8 Å². The van der Waals surface area contributed by atoms with Crippen LogP contribution in [0.3, 0.4) is 0 Å². The average Bonchev–Trinajstić information content (AvgIpc) is 2.88.